The number of nitrogens with zero attached hydrogens (tertiary/aromatic N) is 3. The minimum Gasteiger partial charge on any atom is -0.502 e. The van der Waals surface area contributed by atoms with Crippen molar-refractivity contribution in [3.8, 4) is 5.75 Å². The Balaban J connectivity index is 1.98. The molecule has 1 aromatic carbocycles. The summed E-state index contributed by atoms with van der Waals surface area (Å²) < 4.78 is 1.70. The second-order valence-corrected chi connectivity index (χ2v) is 7.17. The molecule has 2 atom stereocenters. The molecule has 0 bridgehead atoms. The number of hydrogen-bond donors (Lipinski definition) is 1. The number of hydrogen-bond acceptors (Lipinski definition) is 4. The van der Waals surface area contributed by atoms with Gasteiger partial charge >= 0.3 is 0 Å². The minimum atomic E-state index is -0.530. The lowest BCUT2D eigenvalue weighted by Crippen LogP contribution is -2.68. The third-order valence-electron chi connectivity index (χ3n) is 5.76. The highest BCUT2D eigenvalue weighted by Crippen LogP contribution is 2.42. The van der Waals surface area contributed by atoms with Crippen LogP contribution in [0.1, 0.15) is 49.2 Å². The summed E-state index contributed by atoms with van der Waals surface area (Å²) in [4.78, 5) is 26.7. The average molecular weight is 353 g/mol. The summed E-state index contributed by atoms with van der Waals surface area (Å²) in [6.45, 7) is 4.61. The summed E-state index contributed by atoms with van der Waals surface area (Å²) in [5.41, 5.74) is 0.325. The van der Waals surface area contributed by atoms with Crippen LogP contribution < -0.4 is 10.4 Å². The Morgan fingerprint density at radius 1 is 1.19 bits per heavy atom. The van der Waals surface area contributed by atoms with Crippen molar-refractivity contribution in [2.45, 2.75) is 44.8 Å². The number of rotatable bonds is 2. The Labute approximate surface area is 152 Å². The maximum Gasteiger partial charge on any atom is 0.278 e. The molecule has 2 aliphatic heterocycles. The van der Waals surface area contributed by atoms with E-state index in [2.05, 4.69) is 24.1 Å². The number of aromatic hydroxyl groups is 1. The molecule has 1 aromatic heterocycles. The molecule has 0 aliphatic carbocycles. The van der Waals surface area contributed by atoms with Gasteiger partial charge in [-0.05, 0) is 38.7 Å². The molecular formula is C20H23N3O3. The second kappa shape index (κ2) is 5.90. The number of pyridine rings is 1. The first-order chi connectivity index (χ1) is 12.5. The van der Waals surface area contributed by atoms with Gasteiger partial charge in [-0.25, -0.2) is 0 Å². The van der Waals surface area contributed by atoms with Gasteiger partial charge in [-0.3, -0.25) is 19.3 Å². The highest BCUT2D eigenvalue weighted by Gasteiger charge is 2.49. The van der Waals surface area contributed by atoms with Crippen molar-refractivity contribution in [2.75, 3.05) is 11.6 Å². The molecule has 2 aliphatic rings. The van der Waals surface area contributed by atoms with E-state index in [1.807, 2.05) is 25.1 Å². The summed E-state index contributed by atoms with van der Waals surface area (Å²) >= 11 is 0. The van der Waals surface area contributed by atoms with Gasteiger partial charge in [-0.2, -0.15) is 0 Å². The minimum absolute atomic E-state index is 0.0552. The molecule has 0 radical (unpaired) electrons. The van der Waals surface area contributed by atoms with Crippen LogP contribution in [0.3, 0.4) is 0 Å². The largest absolute Gasteiger partial charge is 0.502 e. The number of benzene rings is 1. The maximum atomic E-state index is 13.0. The Morgan fingerprint density at radius 3 is 2.62 bits per heavy atom. The van der Waals surface area contributed by atoms with Crippen molar-refractivity contribution in [1.29, 1.82) is 0 Å². The molecule has 1 fully saturated rings. The fourth-order valence-corrected chi connectivity index (χ4v) is 4.46. The quantitative estimate of drug-likeness (QED) is 0.900. The zero-order valence-electron chi connectivity index (χ0n) is 15.1. The van der Waals surface area contributed by atoms with Crippen LogP contribution in [-0.4, -0.2) is 33.3 Å². The monoisotopic (exact) mass is 353 g/mol. The van der Waals surface area contributed by atoms with Crippen LogP contribution in [0.25, 0.3) is 0 Å². The van der Waals surface area contributed by atoms with Crippen molar-refractivity contribution in [1.82, 2.24) is 9.58 Å². The van der Waals surface area contributed by atoms with E-state index < -0.39 is 11.2 Å². The normalized spacial score (nSPS) is 25.0. The Hall–Kier alpha value is -2.76. The molecule has 4 rings (SSSR count). The van der Waals surface area contributed by atoms with Gasteiger partial charge in [0.2, 0.25) is 5.43 Å². The highest BCUT2D eigenvalue weighted by atomic mass is 16.3. The molecule has 1 saturated heterocycles. The zero-order valence-corrected chi connectivity index (χ0v) is 15.1. The lowest BCUT2D eigenvalue weighted by molar-refractivity contribution is 0.0405. The van der Waals surface area contributed by atoms with E-state index in [0.717, 1.165) is 24.8 Å². The number of carbonyl (C=O) groups is 1. The molecule has 1 amide bonds. The van der Waals surface area contributed by atoms with E-state index in [0.29, 0.717) is 6.54 Å². The van der Waals surface area contributed by atoms with Crippen molar-refractivity contribution in [3.05, 3.63) is 64.1 Å². The fraction of sp³-hybridized carbons (Fsp3) is 0.400. The van der Waals surface area contributed by atoms with Gasteiger partial charge in [0, 0.05) is 18.8 Å². The number of fused-ring (bicyclic) bond motifs is 3. The van der Waals surface area contributed by atoms with Gasteiger partial charge < -0.3 is 10.0 Å². The highest BCUT2D eigenvalue weighted by molar-refractivity contribution is 5.96. The molecule has 136 valence electrons. The first-order valence-electron chi connectivity index (χ1n) is 9.10. The molecule has 2 aromatic rings. The SMILES string of the molecule is CCN1C(=O)c2c(O)c(=O)ccn2N2C1CCCC2(C)c1ccccc1. The third kappa shape index (κ3) is 2.18. The first-order valence-corrected chi connectivity index (χ1v) is 9.10. The number of amides is 1. The van der Waals surface area contributed by atoms with E-state index in [1.54, 1.807) is 15.8 Å². The average Bonchev–Trinajstić information content (AvgIpc) is 2.65. The van der Waals surface area contributed by atoms with Crippen molar-refractivity contribution in [2.24, 2.45) is 0 Å². The number of piperidine rings is 1. The lowest BCUT2D eigenvalue weighted by Gasteiger charge is -2.57. The molecule has 26 heavy (non-hydrogen) atoms. The number of aromatic nitrogens is 1. The van der Waals surface area contributed by atoms with Crippen LogP contribution in [0, 0.1) is 0 Å². The molecule has 0 spiro atoms. The molecule has 6 heteroatoms. The summed E-state index contributed by atoms with van der Waals surface area (Å²) in [6, 6.07) is 11.5. The molecule has 2 unspecified atom stereocenters. The lowest BCUT2D eigenvalue weighted by atomic mass is 9.81. The van der Waals surface area contributed by atoms with Gasteiger partial charge in [0.25, 0.3) is 5.91 Å². The molecule has 3 heterocycles. The summed E-state index contributed by atoms with van der Waals surface area (Å²) in [5.74, 6) is -0.767. The molecule has 0 saturated carbocycles. The molecule has 6 nitrogen and oxygen atoms in total. The first kappa shape index (κ1) is 16.7. The second-order valence-electron chi connectivity index (χ2n) is 7.17. The third-order valence-corrected chi connectivity index (χ3v) is 5.76. The summed E-state index contributed by atoms with van der Waals surface area (Å²) in [6.07, 6.45) is 4.28. The van der Waals surface area contributed by atoms with E-state index >= 15 is 0 Å². The van der Waals surface area contributed by atoms with Crippen LogP contribution in [0.15, 0.2) is 47.4 Å². The van der Waals surface area contributed by atoms with Crippen molar-refractivity contribution >= 4 is 5.91 Å². The maximum absolute atomic E-state index is 13.0. The van der Waals surface area contributed by atoms with Gasteiger partial charge in [0.05, 0.1) is 5.54 Å². The van der Waals surface area contributed by atoms with Crippen molar-refractivity contribution < 1.29 is 9.90 Å². The smallest absolute Gasteiger partial charge is 0.278 e. The van der Waals surface area contributed by atoms with E-state index in [9.17, 15) is 14.7 Å². The van der Waals surface area contributed by atoms with Gasteiger partial charge in [-0.1, -0.05) is 30.3 Å². The van der Waals surface area contributed by atoms with Crippen LogP contribution in [0.2, 0.25) is 0 Å². The predicted molar refractivity (Wildman–Crippen MR) is 98.7 cm³/mol. The standard InChI is InChI=1S/C20H23N3O3/c1-3-21-16-10-7-12-20(2,14-8-5-4-6-9-14)23(16)22-13-11-15(24)18(25)17(22)19(21)26/h4-6,8-9,11,13,16,25H,3,7,10,12H2,1-2H3. The summed E-state index contributed by atoms with van der Waals surface area (Å²) in [7, 11) is 0. The van der Waals surface area contributed by atoms with E-state index in [1.165, 1.54) is 6.07 Å². The van der Waals surface area contributed by atoms with Crippen molar-refractivity contribution in [3.63, 3.8) is 0 Å². The van der Waals surface area contributed by atoms with E-state index in [-0.39, 0.29) is 23.3 Å². The van der Waals surface area contributed by atoms with Crippen LogP contribution in [-0.2, 0) is 5.54 Å². The van der Waals surface area contributed by atoms with Gasteiger partial charge in [0.1, 0.15) is 6.17 Å². The zero-order chi connectivity index (χ0) is 18.5. The van der Waals surface area contributed by atoms with Crippen LogP contribution >= 0.6 is 0 Å². The van der Waals surface area contributed by atoms with E-state index in [4.69, 9.17) is 0 Å². The molecule has 1 N–H and O–H groups in total. The Bertz CT molecular complexity index is 908. The fourth-order valence-electron chi connectivity index (χ4n) is 4.46. The van der Waals surface area contributed by atoms with Crippen LogP contribution in [0.4, 0.5) is 0 Å². The topological polar surface area (TPSA) is 65.8 Å². The Morgan fingerprint density at radius 2 is 1.92 bits per heavy atom. The number of carbonyl (C=O) groups excluding carboxylic acids is 1. The molecular weight excluding hydrogens is 330 g/mol. The summed E-state index contributed by atoms with van der Waals surface area (Å²) in [5, 5.41) is 12.5. The predicted octanol–water partition coefficient (Wildman–Crippen LogP) is 2.39. The van der Waals surface area contributed by atoms with Gasteiger partial charge in [0.15, 0.2) is 11.4 Å². The van der Waals surface area contributed by atoms with Gasteiger partial charge in [-0.15, -0.1) is 0 Å². The Kier molecular flexibility index (Phi) is 3.79. The van der Waals surface area contributed by atoms with Crippen LogP contribution in [0.5, 0.6) is 5.75 Å².